The molecule has 4 aromatic rings. The Labute approximate surface area is 177 Å². The van der Waals surface area contributed by atoms with Gasteiger partial charge in [0.05, 0.1) is 22.8 Å². The molecule has 0 bridgehead atoms. The topological polar surface area (TPSA) is 42.0 Å². The third-order valence-corrected chi connectivity index (χ3v) is 5.65. The van der Waals surface area contributed by atoms with Crippen LogP contribution in [0.4, 0.5) is 0 Å². The third-order valence-electron chi connectivity index (χ3n) is 5.65. The van der Waals surface area contributed by atoms with Gasteiger partial charge < -0.3 is 5.32 Å². The van der Waals surface area contributed by atoms with E-state index < -0.39 is 0 Å². The number of carbonyl (C=O) groups excluding carboxylic acids is 1. The number of pyridine rings is 1. The van der Waals surface area contributed by atoms with Crippen LogP contribution in [0.15, 0.2) is 72.8 Å². The highest BCUT2D eigenvalue weighted by atomic mass is 16.1. The summed E-state index contributed by atoms with van der Waals surface area (Å²) in [6, 6.07) is 24.1. The molecule has 0 spiro atoms. The first-order valence-corrected chi connectivity index (χ1v) is 10.3. The van der Waals surface area contributed by atoms with Crippen molar-refractivity contribution in [3.8, 4) is 11.3 Å². The Morgan fingerprint density at radius 3 is 2.43 bits per heavy atom. The molecular weight excluding hydrogens is 368 g/mol. The van der Waals surface area contributed by atoms with E-state index in [4.69, 9.17) is 4.98 Å². The Morgan fingerprint density at radius 1 is 0.867 bits per heavy atom. The molecule has 0 saturated heterocycles. The smallest absolute Gasteiger partial charge is 0.252 e. The van der Waals surface area contributed by atoms with E-state index in [0.29, 0.717) is 5.56 Å². The van der Waals surface area contributed by atoms with Gasteiger partial charge in [-0.3, -0.25) is 4.79 Å². The first-order chi connectivity index (χ1) is 14.4. The van der Waals surface area contributed by atoms with Gasteiger partial charge in [-0.2, -0.15) is 0 Å². The van der Waals surface area contributed by atoms with E-state index in [0.717, 1.165) is 33.3 Å². The molecule has 1 atom stereocenters. The van der Waals surface area contributed by atoms with Crippen molar-refractivity contribution >= 4 is 16.8 Å². The predicted molar refractivity (Wildman–Crippen MR) is 124 cm³/mol. The summed E-state index contributed by atoms with van der Waals surface area (Å²) in [7, 11) is 0. The van der Waals surface area contributed by atoms with Crippen molar-refractivity contribution in [3.05, 3.63) is 101 Å². The summed E-state index contributed by atoms with van der Waals surface area (Å²) in [5.41, 5.74) is 8.03. The summed E-state index contributed by atoms with van der Waals surface area (Å²) < 4.78 is 0. The molecule has 0 radical (unpaired) electrons. The number of nitrogens with one attached hydrogen (secondary N) is 1. The van der Waals surface area contributed by atoms with Crippen molar-refractivity contribution in [2.24, 2.45) is 0 Å². The van der Waals surface area contributed by atoms with E-state index >= 15 is 0 Å². The van der Waals surface area contributed by atoms with Crippen molar-refractivity contribution in [2.75, 3.05) is 0 Å². The molecule has 0 aliphatic rings. The number of amides is 1. The molecule has 150 valence electrons. The third kappa shape index (κ3) is 3.97. The summed E-state index contributed by atoms with van der Waals surface area (Å²) in [5.74, 6) is -0.0896. The Balaban J connectivity index is 1.73. The molecular formula is C27H26N2O. The summed E-state index contributed by atoms with van der Waals surface area (Å²) in [6.45, 7) is 8.27. The number of aryl methyl sites for hydroxylation is 3. The number of aromatic nitrogens is 1. The molecule has 3 nitrogen and oxygen atoms in total. The standard InChI is InChI=1S/C27H26N2O/c1-17-8-7-9-22(14-17)26-16-24(23-10-5-6-11-25(23)29-26)27(30)28-20(4)21-13-12-18(2)19(3)15-21/h5-16,20H,1-4H3,(H,28,30)/t20-/m0/s1. The fraction of sp³-hybridized carbons (Fsp3) is 0.185. The van der Waals surface area contributed by atoms with Gasteiger partial charge in [0, 0.05) is 10.9 Å². The molecule has 0 aliphatic heterocycles. The largest absolute Gasteiger partial charge is 0.345 e. The number of carbonyl (C=O) groups is 1. The Kier molecular flexibility index (Phi) is 5.37. The zero-order valence-electron chi connectivity index (χ0n) is 17.9. The van der Waals surface area contributed by atoms with Gasteiger partial charge >= 0.3 is 0 Å². The fourth-order valence-corrected chi connectivity index (χ4v) is 3.71. The maximum absolute atomic E-state index is 13.3. The summed E-state index contributed by atoms with van der Waals surface area (Å²) >= 11 is 0. The van der Waals surface area contributed by atoms with Gasteiger partial charge in [0.15, 0.2) is 0 Å². The van der Waals surface area contributed by atoms with Crippen LogP contribution < -0.4 is 5.32 Å². The second-order valence-electron chi connectivity index (χ2n) is 7.98. The van der Waals surface area contributed by atoms with Crippen molar-refractivity contribution in [2.45, 2.75) is 33.7 Å². The molecule has 1 heterocycles. The number of fused-ring (bicyclic) bond motifs is 1. The molecule has 0 saturated carbocycles. The molecule has 0 unspecified atom stereocenters. The minimum atomic E-state index is -0.0915. The van der Waals surface area contributed by atoms with Crippen LogP contribution in [0.2, 0.25) is 0 Å². The summed E-state index contributed by atoms with van der Waals surface area (Å²) in [5, 5.41) is 4.03. The van der Waals surface area contributed by atoms with Crippen LogP contribution in [0.25, 0.3) is 22.2 Å². The number of nitrogens with zero attached hydrogens (tertiary/aromatic N) is 1. The van der Waals surface area contributed by atoms with Gasteiger partial charge in [0.1, 0.15) is 0 Å². The molecule has 3 aromatic carbocycles. The maximum atomic E-state index is 13.3. The highest BCUT2D eigenvalue weighted by molar-refractivity contribution is 6.07. The number of hydrogen-bond acceptors (Lipinski definition) is 2. The molecule has 0 aliphatic carbocycles. The number of rotatable bonds is 4. The Hall–Kier alpha value is -3.46. The van der Waals surface area contributed by atoms with E-state index in [9.17, 15) is 4.79 Å². The van der Waals surface area contributed by atoms with E-state index in [2.05, 4.69) is 56.4 Å². The molecule has 4 rings (SSSR count). The second-order valence-corrected chi connectivity index (χ2v) is 7.98. The first kappa shape index (κ1) is 19.8. The molecule has 30 heavy (non-hydrogen) atoms. The molecule has 1 amide bonds. The first-order valence-electron chi connectivity index (χ1n) is 10.3. The van der Waals surface area contributed by atoms with Crippen molar-refractivity contribution < 1.29 is 4.79 Å². The summed E-state index contributed by atoms with van der Waals surface area (Å²) in [6.07, 6.45) is 0. The van der Waals surface area contributed by atoms with Crippen LogP contribution in [0, 0.1) is 20.8 Å². The van der Waals surface area contributed by atoms with E-state index in [1.165, 1.54) is 11.1 Å². The van der Waals surface area contributed by atoms with E-state index in [1.807, 2.05) is 49.4 Å². The highest BCUT2D eigenvalue weighted by Crippen LogP contribution is 2.26. The molecule has 1 N–H and O–H groups in total. The minimum Gasteiger partial charge on any atom is -0.345 e. The zero-order chi connectivity index (χ0) is 21.3. The van der Waals surface area contributed by atoms with Crippen LogP contribution in [-0.2, 0) is 0 Å². The lowest BCUT2D eigenvalue weighted by molar-refractivity contribution is 0.0941. The lowest BCUT2D eigenvalue weighted by Gasteiger charge is -2.17. The number of benzene rings is 3. The van der Waals surface area contributed by atoms with E-state index in [-0.39, 0.29) is 11.9 Å². The van der Waals surface area contributed by atoms with Crippen LogP contribution >= 0.6 is 0 Å². The highest BCUT2D eigenvalue weighted by Gasteiger charge is 2.17. The van der Waals surface area contributed by atoms with Gasteiger partial charge in [0.25, 0.3) is 5.91 Å². The van der Waals surface area contributed by atoms with Gasteiger partial charge in [-0.15, -0.1) is 0 Å². The van der Waals surface area contributed by atoms with Gasteiger partial charge in [-0.25, -0.2) is 4.98 Å². The lowest BCUT2D eigenvalue weighted by atomic mass is 10.0. The van der Waals surface area contributed by atoms with Gasteiger partial charge in [-0.05, 0) is 62.6 Å². The van der Waals surface area contributed by atoms with Crippen molar-refractivity contribution in [1.29, 1.82) is 0 Å². The van der Waals surface area contributed by atoms with Crippen LogP contribution in [0.5, 0.6) is 0 Å². The minimum absolute atomic E-state index is 0.0896. The number of para-hydroxylation sites is 1. The predicted octanol–water partition coefficient (Wildman–Crippen LogP) is 6.32. The SMILES string of the molecule is Cc1cccc(-c2cc(C(=O)N[C@@H](C)c3ccc(C)c(C)c3)c3ccccc3n2)c1. The lowest BCUT2D eigenvalue weighted by Crippen LogP contribution is -2.27. The quantitative estimate of drug-likeness (QED) is 0.440. The average molecular weight is 395 g/mol. The van der Waals surface area contributed by atoms with Crippen LogP contribution in [0.3, 0.4) is 0 Å². The fourth-order valence-electron chi connectivity index (χ4n) is 3.71. The molecule has 1 aromatic heterocycles. The second kappa shape index (κ2) is 8.11. The maximum Gasteiger partial charge on any atom is 0.252 e. The Morgan fingerprint density at radius 2 is 1.67 bits per heavy atom. The van der Waals surface area contributed by atoms with Crippen LogP contribution in [0.1, 0.15) is 45.6 Å². The normalized spacial score (nSPS) is 12.0. The zero-order valence-corrected chi connectivity index (χ0v) is 17.9. The average Bonchev–Trinajstić information content (AvgIpc) is 2.74. The van der Waals surface area contributed by atoms with Gasteiger partial charge in [0.2, 0.25) is 0 Å². The van der Waals surface area contributed by atoms with Gasteiger partial charge in [-0.1, -0.05) is 60.2 Å². The summed E-state index contributed by atoms with van der Waals surface area (Å²) in [4.78, 5) is 18.1. The van der Waals surface area contributed by atoms with Crippen molar-refractivity contribution in [1.82, 2.24) is 10.3 Å². The Bertz CT molecular complexity index is 1240. The monoisotopic (exact) mass is 394 g/mol. The molecule has 0 fully saturated rings. The molecule has 3 heteroatoms. The van der Waals surface area contributed by atoms with Crippen molar-refractivity contribution in [3.63, 3.8) is 0 Å². The number of hydrogen-bond donors (Lipinski definition) is 1. The van der Waals surface area contributed by atoms with E-state index in [1.54, 1.807) is 0 Å². The van der Waals surface area contributed by atoms with Crippen LogP contribution in [-0.4, -0.2) is 10.9 Å².